The molecule has 0 aliphatic carbocycles. The molecule has 1 aliphatic heterocycles. The van der Waals surface area contributed by atoms with Crippen molar-refractivity contribution in [3.63, 3.8) is 0 Å². The van der Waals surface area contributed by atoms with Crippen LogP contribution in [0.3, 0.4) is 0 Å². The summed E-state index contributed by atoms with van der Waals surface area (Å²) < 4.78 is 13.1. The standard InChI is InChI=1S/C24H30N2O3/c1-4-17-29-22-13-11-19(18-23(22)28-3)12-14-24(27)26-16-7-5-6-9-21(26)20-10-8-15-25(20)2/h4,8,10-15,18,21H,1,5-7,9,16-17H2,2-3H3/b14-12+. The lowest BCUT2D eigenvalue weighted by molar-refractivity contribution is -0.128. The summed E-state index contributed by atoms with van der Waals surface area (Å²) in [7, 11) is 3.65. The van der Waals surface area contributed by atoms with E-state index in [-0.39, 0.29) is 11.9 Å². The van der Waals surface area contributed by atoms with Crippen LogP contribution in [-0.2, 0) is 11.8 Å². The van der Waals surface area contributed by atoms with Crippen molar-refractivity contribution < 1.29 is 14.3 Å². The second-order valence-corrected chi connectivity index (χ2v) is 7.28. The lowest BCUT2D eigenvalue weighted by Gasteiger charge is -2.29. The summed E-state index contributed by atoms with van der Waals surface area (Å²) in [5.74, 6) is 1.34. The molecule has 0 radical (unpaired) electrons. The summed E-state index contributed by atoms with van der Waals surface area (Å²) in [6.45, 7) is 4.86. The zero-order valence-electron chi connectivity index (χ0n) is 17.3. The van der Waals surface area contributed by atoms with Crippen LogP contribution >= 0.6 is 0 Å². The summed E-state index contributed by atoms with van der Waals surface area (Å²) in [5.41, 5.74) is 2.09. The SMILES string of the molecule is C=CCOc1ccc(/C=C/C(=O)N2CCCCCC2c2cccn2C)cc1OC. The van der Waals surface area contributed by atoms with Crippen molar-refractivity contribution in [2.45, 2.75) is 31.7 Å². The van der Waals surface area contributed by atoms with Crippen molar-refractivity contribution in [1.82, 2.24) is 9.47 Å². The maximum atomic E-state index is 13.1. The summed E-state index contributed by atoms with van der Waals surface area (Å²) in [5, 5.41) is 0. The first-order chi connectivity index (χ1) is 14.1. The van der Waals surface area contributed by atoms with Gasteiger partial charge in [0.2, 0.25) is 5.91 Å². The lowest BCUT2D eigenvalue weighted by Crippen LogP contribution is -2.34. The van der Waals surface area contributed by atoms with E-state index in [1.165, 1.54) is 5.69 Å². The van der Waals surface area contributed by atoms with E-state index in [2.05, 4.69) is 17.2 Å². The minimum Gasteiger partial charge on any atom is -0.493 e. The van der Waals surface area contributed by atoms with Crippen LogP contribution in [0, 0.1) is 0 Å². The number of carbonyl (C=O) groups excluding carboxylic acids is 1. The topological polar surface area (TPSA) is 43.7 Å². The number of amides is 1. The molecule has 0 N–H and O–H groups in total. The van der Waals surface area contributed by atoms with Crippen LogP contribution in [-0.4, -0.2) is 35.6 Å². The highest BCUT2D eigenvalue weighted by atomic mass is 16.5. The zero-order valence-corrected chi connectivity index (χ0v) is 17.3. The Labute approximate surface area is 173 Å². The van der Waals surface area contributed by atoms with Gasteiger partial charge in [0, 0.05) is 31.6 Å². The third-order valence-electron chi connectivity index (χ3n) is 5.32. The number of hydrogen-bond donors (Lipinski definition) is 0. The molecule has 1 amide bonds. The lowest BCUT2D eigenvalue weighted by atomic mass is 10.1. The zero-order chi connectivity index (χ0) is 20.6. The van der Waals surface area contributed by atoms with Gasteiger partial charge in [0.05, 0.1) is 13.2 Å². The average Bonchev–Trinajstić information content (AvgIpc) is 3.01. The molecule has 2 heterocycles. The second-order valence-electron chi connectivity index (χ2n) is 7.28. The van der Waals surface area contributed by atoms with Gasteiger partial charge in [-0.15, -0.1) is 0 Å². The van der Waals surface area contributed by atoms with E-state index in [9.17, 15) is 4.79 Å². The quantitative estimate of drug-likeness (QED) is 0.503. The van der Waals surface area contributed by atoms with Crippen LogP contribution < -0.4 is 9.47 Å². The molecule has 0 spiro atoms. The Bertz CT molecular complexity index is 869. The Balaban J connectivity index is 1.77. The number of likely N-dealkylation sites (tertiary alicyclic amines) is 1. The molecule has 1 saturated heterocycles. The fourth-order valence-electron chi connectivity index (χ4n) is 3.82. The highest BCUT2D eigenvalue weighted by Crippen LogP contribution is 2.31. The van der Waals surface area contributed by atoms with Crippen LogP contribution in [0.4, 0.5) is 0 Å². The number of aromatic nitrogens is 1. The van der Waals surface area contributed by atoms with Crippen LogP contribution in [0.1, 0.15) is 43.0 Å². The third-order valence-corrected chi connectivity index (χ3v) is 5.32. The van der Waals surface area contributed by atoms with Gasteiger partial charge in [-0.05, 0) is 48.7 Å². The molecule has 1 atom stereocenters. The predicted octanol–water partition coefficient (Wildman–Crippen LogP) is 4.76. The van der Waals surface area contributed by atoms with Gasteiger partial charge in [-0.3, -0.25) is 4.79 Å². The molecule has 1 aromatic carbocycles. The van der Waals surface area contributed by atoms with E-state index in [1.807, 2.05) is 48.5 Å². The Morgan fingerprint density at radius 3 is 2.83 bits per heavy atom. The van der Waals surface area contributed by atoms with Gasteiger partial charge in [-0.25, -0.2) is 0 Å². The first-order valence-corrected chi connectivity index (χ1v) is 10.2. The summed E-state index contributed by atoms with van der Waals surface area (Å²) in [6, 6.07) is 9.93. The molecule has 3 rings (SSSR count). The largest absolute Gasteiger partial charge is 0.493 e. The van der Waals surface area contributed by atoms with Crippen LogP contribution in [0.15, 0.2) is 55.3 Å². The number of rotatable bonds is 7. The highest BCUT2D eigenvalue weighted by Gasteiger charge is 2.26. The fraction of sp³-hybridized carbons (Fsp3) is 0.375. The Morgan fingerprint density at radius 1 is 1.24 bits per heavy atom. The minimum atomic E-state index is 0.0454. The molecular weight excluding hydrogens is 364 g/mol. The van der Waals surface area contributed by atoms with Gasteiger partial charge in [0.1, 0.15) is 6.61 Å². The molecule has 0 saturated carbocycles. The molecule has 0 bridgehead atoms. The molecule has 154 valence electrons. The Morgan fingerprint density at radius 2 is 2.10 bits per heavy atom. The highest BCUT2D eigenvalue weighted by molar-refractivity contribution is 5.92. The van der Waals surface area contributed by atoms with E-state index < -0.39 is 0 Å². The van der Waals surface area contributed by atoms with Crippen molar-refractivity contribution in [1.29, 1.82) is 0 Å². The smallest absolute Gasteiger partial charge is 0.247 e. The van der Waals surface area contributed by atoms with E-state index >= 15 is 0 Å². The number of benzene rings is 1. The molecule has 1 aromatic heterocycles. The van der Waals surface area contributed by atoms with Gasteiger partial charge in [-0.2, -0.15) is 0 Å². The monoisotopic (exact) mass is 394 g/mol. The van der Waals surface area contributed by atoms with Crippen LogP contribution in [0.25, 0.3) is 6.08 Å². The van der Waals surface area contributed by atoms with Gasteiger partial charge in [0.15, 0.2) is 11.5 Å². The van der Waals surface area contributed by atoms with E-state index in [1.54, 1.807) is 19.3 Å². The fourth-order valence-corrected chi connectivity index (χ4v) is 3.82. The van der Waals surface area contributed by atoms with Crippen molar-refractivity contribution in [2.24, 2.45) is 7.05 Å². The van der Waals surface area contributed by atoms with Gasteiger partial charge < -0.3 is 18.9 Å². The van der Waals surface area contributed by atoms with E-state index in [0.717, 1.165) is 37.8 Å². The Hall–Kier alpha value is -2.95. The first kappa shape index (κ1) is 20.8. The number of carbonyl (C=O) groups is 1. The van der Waals surface area contributed by atoms with Crippen LogP contribution in [0.2, 0.25) is 0 Å². The average molecular weight is 395 g/mol. The summed E-state index contributed by atoms with van der Waals surface area (Å²) in [4.78, 5) is 15.1. The predicted molar refractivity (Wildman–Crippen MR) is 116 cm³/mol. The maximum absolute atomic E-state index is 13.1. The third kappa shape index (κ3) is 5.11. The summed E-state index contributed by atoms with van der Waals surface area (Å²) >= 11 is 0. The van der Waals surface area contributed by atoms with Gasteiger partial charge in [-0.1, -0.05) is 31.6 Å². The normalized spacial score (nSPS) is 17.2. The van der Waals surface area contributed by atoms with Crippen molar-refractivity contribution in [2.75, 3.05) is 20.3 Å². The number of nitrogens with zero attached hydrogens (tertiary/aromatic N) is 2. The van der Waals surface area contributed by atoms with Crippen molar-refractivity contribution >= 4 is 12.0 Å². The second kappa shape index (κ2) is 10.0. The van der Waals surface area contributed by atoms with E-state index in [0.29, 0.717) is 18.1 Å². The maximum Gasteiger partial charge on any atom is 0.247 e. The van der Waals surface area contributed by atoms with Gasteiger partial charge >= 0.3 is 0 Å². The van der Waals surface area contributed by atoms with Crippen molar-refractivity contribution in [3.05, 3.63) is 66.5 Å². The molecule has 5 heteroatoms. The molecule has 1 unspecified atom stereocenters. The number of methoxy groups -OCH3 is 1. The Kier molecular flexibility index (Phi) is 7.17. The number of hydrogen-bond acceptors (Lipinski definition) is 3. The first-order valence-electron chi connectivity index (χ1n) is 10.2. The summed E-state index contributed by atoms with van der Waals surface area (Å²) in [6.07, 6.45) is 11.6. The number of aryl methyl sites for hydroxylation is 1. The van der Waals surface area contributed by atoms with Crippen LogP contribution in [0.5, 0.6) is 11.5 Å². The molecular formula is C24H30N2O3. The number of ether oxygens (including phenoxy) is 2. The van der Waals surface area contributed by atoms with E-state index in [4.69, 9.17) is 9.47 Å². The minimum absolute atomic E-state index is 0.0454. The molecule has 1 aliphatic rings. The molecule has 2 aromatic rings. The molecule has 29 heavy (non-hydrogen) atoms. The van der Waals surface area contributed by atoms with Crippen molar-refractivity contribution in [3.8, 4) is 11.5 Å². The molecule has 1 fully saturated rings. The molecule has 5 nitrogen and oxygen atoms in total. The van der Waals surface area contributed by atoms with Gasteiger partial charge in [0.25, 0.3) is 0 Å².